The van der Waals surface area contributed by atoms with Gasteiger partial charge in [0.05, 0.1) is 10.4 Å². The van der Waals surface area contributed by atoms with Gasteiger partial charge in [-0.3, -0.25) is 0 Å². The van der Waals surface area contributed by atoms with Gasteiger partial charge in [0.15, 0.2) is 5.75 Å². The maximum atomic E-state index is 13.7. The topological polar surface area (TPSA) is 66.8 Å². The van der Waals surface area contributed by atoms with E-state index in [1.807, 2.05) is 0 Å². The summed E-state index contributed by atoms with van der Waals surface area (Å²) in [6.07, 6.45) is -2.44. The number of phenols is 1. The molecule has 0 saturated heterocycles. The van der Waals surface area contributed by atoms with Crippen molar-refractivity contribution in [1.82, 2.24) is 0 Å². The SMILES string of the molecule is O=C(O)C=Cc1ccc(Oc2c(-c3ccc(F)cc3C(F)(F)F)sc3cc(O)ccc23)cc1. The molecule has 9 heteroatoms. The van der Waals surface area contributed by atoms with Crippen molar-refractivity contribution in [3.63, 3.8) is 0 Å². The van der Waals surface area contributed by atoms with E-state index >= 15 is 0 Å². The van der Waals surface area contributed by atoms with Crippen LogP contribution in [0.15, 0.2) is 66.7 Å². The lowest BCUT2D eigenvalue weighted by Crippen LogP contribution is -2.07. The normalized spacial score (nSPS) is 11.9. The third-order valence-electron chi connectivity index (χ3n) is 4.68. The zero-order valence-corrected chi connectivity index (χ0v) is 17.4. The fourth-order valence-corrected chi connectivity index (χ4v) is 4.42. The number of carbonyl (C=O) groups is 1. The van der Waals surface area contributed by atoms with E-state index < -0.39 is 23.5 Å². The first-order valence-corrected chi connectivity index (χ1v) is 10.2. The van der Waals surface area contributed by atoms with Gasteiger partial charge in [0.1, 0.15) is 17.3 Å². The summed E-state index contributed by atoms with van der Waals surface area (Å²) in [7, 11) is 0. The molecule has 3 aromatic carbocycles. The number of aliphatic carboxylic acids is 1. The average Bonchev–Trinajstić information content (AvgIpc) is 3.09. The summed E-state index contributed by atoms with van der Waals surface area (Å²) in [5.41, 5.74) is -0.805. The van der Waals surface area contributed by atoms with Gasteiger partial charge < -0.3 is 14.9 Å². The largest absolute Gasteiger partial charge is 0.508 e. The first kappa shape index (κ1) is 22.3. The number of fused-ring (bicyclic) bond motifs is 1. The summed E-state index contributed by atoms with van der Waals surface area (Å²) in [5.74, 6) is -1.76. The van der Waals surface area contributed by atoms with E-state index in [2.05, 4.69) is 0 Å². The minimum Gasteiger partial charge on any atom is -0.508 e. The Kier molecular flexibility index (Phi) is 5.82. The van der Waals surface area contributed by atoms with Gasteiger partial charge in [-0.25, -0.2) is 9.18 Å². The number of hydrogen-bond acceptors (Lipinski definition) is 4. The Hall–Kier alpha value is -3.85. The van der Waals surface area contributed by atoms with Crippen LogP contribution in [-0.2, 0) is 11.0 Å². The van der Waals surface area contributed by atoms with Crippen LogP contribution in [0.1, 0.15) is 11.1 Å². The minimum atomic E-state index is -4.80. The number of phenolic OH excluding ortho intramolecular Hbond substituents is 1. The van der Waals surface area contributed by atoms with Crippen molar-refractivity contribution >= 4 is 33.5 Å². The Morgan fingerprint density at radius 1 is 1.00 bits per heavy atom. The smallest absolute Gasteiger partial charge is 0.417 e. The van der Waals surface area contributed by atoms with Crippen LogP contribution in [0.25, 0.3) is 26.6 Å². The molecule has 0 saturated carbocycles. The fraction of sp³-hybridized carbons (Fsp3) is 0.0417. The number of rotatable bonds is 5. The molecule has 0 aliphatic rings. The van der Waals surface area contributed by atoms with Gasteiger partial charge >= 0.3 is 12.1 Å². The van der Waals surface area contributed by atoms with Crippen LogP contribution < -0.4 is 4.74 Å². The van der Waals surface area contributed by atoms with Crippen molar-refractivity contribution in [3.05, 3.63) is 83.7 Å². The third kappa shape index (κ3) is 4.83. The maximum absolute atomic E-state index is 13.7. The fourth-order valence-electron chi connectivity index (χ4n) is 3.22. The van der Waals surface area contributed by atoms with Crippen LogP contribution in [0.5, 0.6) is 17.2 Å². The van der Waals surface area contributed by atoms with Crippen molar-refractivity contribution < 1.29 is 37.3 Å². The predicted octanol–water partition coefficient (Wildman–Crippen LogP) is 7.32. The average molecular weight is 474 g/mol. The molecule has 168 valence electrons. The van der Waals surface area contributed by atoms with Crippen LogP contribution in [0.4, 0.5) is 17.6 Å². The number of carboxylic acid groups (broad SMARTS) is 1. The lowest BCUT2D eigenvalue weighted by molar-refractivity contribution is -0.137. The summed E-state index contributed by atoms with van der Waals surface area (Å²) >= 11 is 0.977. The molecule has 1 aromatic heterocycles. The van der Waals surface area contributed by atoms with Gasteiger partial charge in [0, 0.05) is 21.7 Å². The molecule has 1 heterocycles. The Labute approximate surface area is 188 Å². The quantitative estimate of drug-likeness (QED) is 0.235. The zero-order valence-electron chi connectivity index (χ0n) is 16.6. The predicted molar refractivity (Wildman–Crippen MR) is 117 cm³/mol. The van der Waals surface area contributed by atoms with Gasteiger partial charge in [-0.15, -0.1) is 11.3 Å². The molecule has 0 aliphatic heterocycles. The summed E-state index contributed by atoms with van der Waals surface area (Å²) in [6.45, 7) is 0. The van der Waals surface area contributed by atoms with Gasteiger partial charge in [-0.2, -0.15) is 13.2 Å². The molecule has 33 heavy (non-hydrogen) atoms. The van der Waals surface area contributed by atoms with E-state index in [9.17, 15) is 27.5 Å². The highest BCUT2D eigenvalue weighted by Crippen LogP contribution is 2.50. The van der Waals surface area contributed by atoms with E-state index in [1.54, 1.807) is 24.3 Å². The van der Waals surface area contributed by atoms with Crippen LogP contribution in [0.3, 0.4) is 0 Å². The number of ether oxygens (including phenoxy) is 1. The summed E-state index contributed by atoms with van der Waals surface area (Å²) in [6, 6.07) is 13.0. The van der Waals surface area contributed by atoms with Crippen molar-refractivity contribution in [2.24, 2.45) is 0 Å². The Bertz CT molecular complexity index is 1370. The second-order valence-electron chi connectivity index (χ2n) is 6.97. The zero-order chi connectivity index (χ0) is 23.8. The molecule has 0 unspecified atom stereocenters. The van der Waals surface area contributed by atoms with Gasteiger partial charge in [0.2, 0.25) is 0 Å². The molecule has 0 bridgehead atoms. The second-order valence-corrected chi connectivity index (χ2v) is 8.02. The van der Waals surface area contributed by atoms with E-state index in [1.165, 1.54) is 24.3 Å². The summed E-state index contributed by atoms with van der Waals surface area (Å²) < 4.78 is 61.1. The number of thiophene rings is 1. The minimum absolute atomic E-state index is 0.0634. The van der Waals surface area contributed by atoms with Crippen molar-refractivity contribution in [1.29, 1.82) is 0 Å². The first-order valence-electron chi connectivity index (χ1n) is 9.43. The number of aromatic hydroxyl groups is 1. The molecule has 0 radical (unpaired) electrons. The van der Waals surface area contributed by atoms with E-state index in [0.717, 1.165) is 29.5 Å². The molecule has 2 N–H and O–H groups in total. The lowest BCUT2D eigenvalue weighted by atomic mass is 10.0. The highest BCUT2D eigenvalue weighted by molar-refractivity contribution is 7.22. The highest BCUT2D eigenvalue weighted by atomic mass is 32.1. The lowest BCUT2D eigenvalue weighted by Gasteiger charge is -2.14. The first-order chi connectivity index (χ1) is 15.6. The van der Waals surface area contributed by atoms with E-state index in [0.29, 0.717) is 27.5 Å². The maximum Gasteiger partial charge on any atom is 0.417 e. The van der Waals surface area contributed by atoms with Gasteiger partial charge in [-0.05, 0) is 60.2 Å². The number of carboxylic acids is 1. The van der Waals surface area contributed by atoms with Gasteiger partial charge in [-0.1, -0.05) is 12.1 Å². The van der Waals surface area contributed by atoms with Gasteiger partial charge in [0.25, 0.3) is 0 Å². The second kappa shape index (κ2) is 8.59. The molecule has 0 atom stereocenters. The molecule has 0 fully saturated rings. The van der Waals surface area contributed by atoms with Crippen LogP contribution in [-0.4, -0.2) is 16.2 Å². The summed E-state index contributed by atoms with van der Waals surface area (Å²) in [4.78, 5) is 10.8. The summed E-state index contributed by atoms with van der Waals surface area (Å²) in [5, 5.41) is 19.0. The van der Waals surface area contributed by atoms with Crippen LogP contribution in [0, 0.1) is 5.82 Å². The molecule has 4 nitrogen and oxygen atoms in total. The Morgan fingerprint density at radius 3 is 2.39 bits per heavy atom. The van der Waals surface area contributed by atoms with Crippen LogP contribution >= 0.6 is 11.3 Å². The molecular formula is C24H14F4O4S. The van der Waals surface area contributed by atoms with Crippen molar-refractivity contribution in [2.75, 3.05) is 0 Å². The molecule has 0 amide bonds. The van der Waals surface area contributed by atoms with Crippen molar-refractivity contribution in [2.45, 2.75) is 6.18 Å². The third-order valence-corrected chi connectivity index (χ3v) is 5.85. The standard InChI is InChI=1S/C24H14F4O4S/c25-14-4-8-17(19(11-14)24(26,27)28)23-22(18-9-5-15(29)12-20(18)33-23)32-16-6-1-13(2-7-16)3-10-21(30)31/h1-12,29H,(H,30,31). The Balaban J connectivity index is 1.84. The molecule has 0 aliphatic carbocycles. The number of alkyl halides is 3. The van der Waals surface area contributed by atoms with Crippen LogP contribution in [0.2, 0.25) is 0 Å². The molecule has 4 aromatic rings. The van der Waals surface area contributed by atoms with E-state index in [-0.39, 0.29) is 21.9 Å². The highest BCUT2D eigenvalue weighted by Gasteiger charge is 2.35. The molecule has 0 spiro atoms. The number of hydrogen-bond donors (Lipinski definition) is 2. The monoisotopic (exact) mass is 474 g/mol. The number of halogens is 4. The molecular weight excluding hydrogens is 460 g/mol. The van der Waals surface area contributed by atoms with E-state index in [4.69, 9.17) is 9.84 Å². The number of benzene rings is 3. The Morgan fingerprint density at radius 2 is 1.73 bits per heavy atom. The molecule has 4 rings (SSSR count). The van der Waals surface area contributed by atoms with Crippen molar-refractivity contribution in [3.8, 4) is 27.7 Å².